The van der Waals surface area contributed by atoms with Crippen LogP contribution in [0.3, 0.4) is 0 Å². The zero-order chi connectivity index (χ0) is 18.1. The van der Waals surface area contributed by atoms with Crippen molar-refractivity contribution in [3.8, 4) is 0 Å². The van der Waals surface area contributed by atoms with Crippen molar-refractivity contribution in [1.82, 2.24) is 19.2 Å². The second-order valence-electron chi connectivity index (χ2n) is 8.18. The third-order valence-electron chi connectivity index (χ3n) is 5.69. The molecule has 1 aliphatic carbocycles. The molecule has 2 aromatic rings. The highest BCUT2D eigenvalue weighted by molar-refractivity contribution is 7.71. The van der Waals surface area contributed by atoms with Crippen LogP contribution in [0.2, 0.25) is 0 Å². The van der Waals surface area contributed by atoms with Crippen LogP contribution < -0.4 is 0 Å². The number of benzene rings is 1. The predicted molar refractivity (Wildman–Crippen MR) is 108 cm³/mol. The molecule has 4 rings (SSSR count). The van der Waals surface area contributed by atoms with Gasteiger partial charge < -0.3 is 4.57 Å². The van der Waals surface area contributed by atoms with Crippen molar-refractivity contribution >= 4 is 12.2 Å². The van der Waals surface area contributed by atoms with Gasteiger partial charge in [0, 0.05) is 25.6 Å². The Kier molecular flexibility index (Phi) is 5.28. The Labute approximate surface area is 161 Å². The highest BCUT2D eigenvalue weighted by Crippen LogP contribution is 2.29. The first kappa shape index (κ1) is 17.9. The number of nitrogens with zero attached hydrogens (tertiary/aromatic N) is 4. The van der Waals surface area contributed by atoms with E-state index in [1.807, 2.05) is 0 Å². The average Bonchev–Trinajstić information content (AvgIpc) is 3.45. The molecule has 0 saturated heterocycles. The van der Waals surface area contributed by atoms with Gasteiger partial charge in [0.2, 0.25) is 0 Å². The van der Waals surface area contributed by atoms with Crippen molar-refractivity contribution in [1.29, 1.82) is 0 Å². The highest BCUT2D eigenvalue weighted by Gasteiger charge is 2.30. The standard InChI is InChI=1S/C21H30N4S/c1-16(2)18-9-7-17(8-10-18)14-23(19-11-12-19)15-25-21(26)24-13-5-3-4-6-20(24)22-25/h7-10,16,19H,3-6,11-15H2,1-2H3. The van der Waals surface area contributed by atoms with Gasteiger partial charge in [-0.1, -0.05) is 44.5 Å². The summed E-state index contributed by atoms with van der Waals surface area (Å²) in [6.07, 6.45) is 7.41. The summed E-state index contributed by atoms with van der Waals surface area (Å²) in [4.78, 5) is 2.55. The highest BCUT2D eigenvalue weighted by atomic mass is 32.1. The van der Waals surface area contributed by atoms with E-state index in [1.54, 1.807) is 0 Å². The minimum atomic E-state index is 0.586. The lowest BCUT2D eigenvalue weighted by molar-refractivity contribution is 0.186. The molecule has 26 heavy (non-hydrogen) atoms. The molecule has 2 aliphatic rings. The van der Waals surface area contributed by atoms with Crippen molar-refractivity contribution in [3.05, 3.63) is 46.0 Å². The zero-order valence-corrected chi connectivity index (χ0v) is 16.8. The van der Waals surface area contributed by atoms with Crippen molar-refractivity contribution in [2.75, 3.05) is 0 Å². The van der Waals surface area contributed by atoms with Gasteiger partial charge in [0.15, 0.2) is 4.77 Å². The molecule has 1 saturated carbocycles. The fraction of sp³-hybridized carbons (Fsp3) is 0.619. The summed E-state index contributed by atoms with van der Waals surface area (Å²) in [6.45, 7) is 7.32. The summed E-state index contributed by atoms with van der Waals surface area (Å²) in [7, 11) is 0. The first-order valence-electron chi connectivity index (χ1n) is 10.1. The lowest BCUT2D eigenvalue weighted by Crippen LogP contribution is -2.29. The van der Waals surface area contributed by atoms with E-state index in [0.717, 1.165) is 31.0 Å². The molecule has 0 spiro atoms. The van der Waals surface area contributed by atoms with Crippen LogP contribution in [0.4, 0.5) is 0 Å². The number of hydrogen-bond acceptors (Lipinski definition) is 3. The summed E-state index contributed by atoms with van der Waals surface area (Å²) < 4.78 is 5.24. The Hall–Kier alpha value is -1.46. The van der Waals surface area contributed by atoms with E-state index in [2.05, 4.69) is 52.3 Å². The quantitative estimate of drug-likeness (QED) is 0.678. The minimum absolute atomic E-state index is 0.586. The summed E-state index contributed by atoms with van der Waals surface area (Å²) in [5.41, 5.74) is 2.79. The van der Waals surface area contributed by atoms with Crippen LogP contribution in [0.15, 0.2) is 24.3 Å². The van der Waals surface area contributed by atoms with Crippen LogP contribution in [0.25, 0.3) is 0 Å². The van der Waals surface area contributed by atoms with E-state index >= 15 is 0 Å². The van der Waals surface area contributed by atoms with Crippen molar-refractivity contribution in [2.45, 2.75) is 84.1 Å². The van der Waals surface area contributed by atoms with Crippen molar-refractivity contribution in [2.24, 2.45) is 0 Å². The van der Waals surface area contributed by atoms with Gasteiger partial charge in [0.1, 0.15) is 5.82 Å². The van der Waals surface area contributed by atoms with E-state index in [9.17, 15) is 0 Å². The van der Waals surface area contributed by atoms with Gasteiger partial charge in [0.05, 0.1) is 6.67 Å². The molecule has 0 amide bonds. The monoisotopic (exact) mass is 370 g/mol. The topological polar surface area (TPSA) is 26.0 Å². The lowest BCUT2D eigenvalue weighted by atomic mass is 10.0. The van der Waals surface area contributed by atoms with Gasteiger partial charge in [0.25, 0.3) is 0 Å². The van der Waals surface area contributed by atoms with Gasteiger partial charge in [-0.25, -0.2) is 4.68 Å². The normalized spacial score (nSPS) is 17.5. The molecule has 1 aromatic heterocycles. The van der Waals surface area contributed by atoms with Gasteiger partial charge in [-0.05, 0) is 54.9 Å². The van der Waals surface area contributed by atoms with Crippen LogP contribution >= 0.6 is 12.2 Å². The summed E-state index contributed by atoms with van der Waals surface area (Å²) in [5.74, 6) is 1.77. The number of fused-ring (bicyclic) bond motifs is 1. The summed E-state index contributed by atoms with van der Waals surface area (Å²) in [5, 5.41) is 4.87. The number of aromatic nitrogens is 3. The third-order valence-corrected chi connectivity index (χ3v) is 6.12. The molecule has 0 N–H and O–H groups in total. The van der Waals surface area contributed by atoms with Gasteiger partial charge >= 0.3 is 0 Å². The molecular weight excluding hydrogens is 340 g/mol. The maximum absolute atomic E-state index is 5.74. The average molecular weight is 371 g/mol. The molecule has 4 nitrogen and oxygen atoms in total. The number of rotatable bonds is 6. The van der Waals surface area contributed by atoms with E-state index in [4.69, 9.17) is 17.3 Å². The molecular formula is C21H30N4S. The first-order chi connectivity index (χ1) is 12.6. The molecule has 2 heterocycles. The summed E-state index contributed by atoms with van der Waals surface area (Å²) in [6, 6.07) is 9.80. The Morgan fingerprint density at radius 3 is 2.62 bits per heavy atom. The number of hydrogen-bond donors (Lipinski definition) is 0. The molecule has 0 atom stereocenters. The fourth-order valence-electron chi connectivity index (χ4n) is 3.87. The molecule has 1 fully saturated rings. The Morgan fingerprint density at radius 2 is 1.92 bits per heavy atom. The zero-order valence-electron chi connectivity index (χ0n) is 16.0. The molecule has 1 aliphatic heterocycles. The number of aryl methyl sites for hydroxylation is 1. The molecule has 1 aromatic carbocycles. The van der Waals surface area contributed by atoms with Crippen LogP contribution in [0.5, 0.6) is 0 Å². The van der Waals surface area contributed by atoms with Crippen LogP contribution in [-0.4, -0.2) is 25.3 Å². The largest absolute Gasteiger partial charge is 0.304 e. The first-order valence-corrected chi connectivity index (χ1v) is 10.5. The Bertz CT molecular complexity index is 798. The predicted octanol–water partition coefficient (Wildman–Crippen LogP) is 4.89. The maximum Gasteiger partial charge on any atom is 0.199 e. The smallest absolute Gasteiger partial charge is 0.199 e. The second-order valence-corrected chi connectivity index (χ2v) is 8.54. The summed E-state index contributed by atoms with van der Waals surface area (Å²) >= 11 is 5.74. The van der Waals surface area contributed by atoms with E-state index in [0.29, 0.717) is 12.0 Å². The molecule has 0 radical (unpaired) electrons. The fourth-order valence-corrected chi connectivity index (χ4v) is 4.16. The van der Waals surface area contributed by atoms with Gasteiger partial charge in [-0.3, -0.25) is 4.90 Å². The molecule has 0 bridgehead atoms. The maximum atomic E-state index is 5.74. The van der Waals surface area contributed by atoms with Crippen molar-refractivity contribution in [3.63, 3.8) is 0 Å². The third kappa shape index (κ3) is 3.94. The van der Waals surface area contributed by atoms with Crippen molar-refractivity contribution < 1.29 is 0 Å². The SMILES string of the molecule is CC(C)c1ccc(CN(Cn2nc3n(c2=S)CCCCC3)C2CC2)cc1. The Morgan fingerprint density at radius 1 is 1.15 bits per heavy atom. The van der Waals surface area contributed by atoms with E-state index in [1.165, 1.54) is 49.1 Å². The van der Waals surface area contributed by atoms with Gasteiger partial charge in [-0.2, -0.15) is 5.10 Å². The van der Waals surface area contributed by atoms with Crippen LogP contribution in [0, 0.1) is 4.77 Å². The molecule has 140 valence electrons. The van der Waals surface area contributed by atoms with Gasteiger partial charge in [-0.15, -0.1) is 0 Å². The Balaban J connectivity index is 1.50. The lowest BCUT2D eigenvalue weighted by Gasteiger charge is -2.22. The van der Waals surface area contributed by atoms with Crippen LogP contribution in [0.1, 0.15) is 68.8 Å². The van der Waals surface area contributed by atoms with E-state index in [-0.39, 0.29) is 0 Å². The van der Waals surface area contributed by atoms with Crippen LogP contribution in [-0.2, 0) is 26.2 Å². The minimum Gasteiger partial charge on any atom is -0.304 e. The molecule has 5 heteroatoms. The second kappa shape index (κ2) is 7.65. The molecule has 0 unspecified atom stereocenters. The van der Waals surface area contributed by atoms with E-state index < -0.39 is 0 Å².